The summed E-state index contributed by atoms with van der Waals surface area (Å²) in [6.45, 7) is 0.813. The Morgan fingerprint density at radius 3 is 2.67 bits per heavy atom. The third-order valence-electron chi connectivity index (χ3n) is 2.26. The summed E-state index contributed by atoms with van der Waals surface area (Å²) in [4.78, 5) is 0. The zero-order valence-electron chi connectivity index (χ0n) is 10.2. The highest BCUT2D eigenvalue weighted by Crippen LogP contribution is 2.18. The second-order valence-electron chi connectivity index (χ2n) is 3.68. The van der Waals surface area contributed by atoms with Crippen LogP contribution in [0.4, 0.5) is 18.9 Å². The van der Waals surface area contributed by atoms with Crippen molar-refractivity contribution < 1.29 is 13.2 Å². The van der Waals surface area contributed by atoms with Crippen molar-refractivity contribution in [1.82, 2.24) is 20.2 Å². The van der Waals surface area contributed by atoms with E-state index in [2.05, 4.69) is 10.5 Å². The SMILES string of the molecule is C/C=C(/Cn1cc(N)cn1)N(CC(F)(F)F)NC. The topological polar surface area (TPSA) is 59.1 Å². The van der Waals surface area contributed by atoms with Crippen molar-refractivity contribution in [2.75, 3.05) is 19.3 Å². The smallest absolute Gasteiger partial charge is 0.396 e. The molecular formula is C10H16F3N5. The van der Waals surface area contributed by atoms with Crippen LogP contribution < -0.4 is 11.2 Å². The molecule has 0 amide bonds. The number of anilines is 1. The van der Waals surface area contributed by atoms with Crippen LogP contribution in [0.3, 0.4) is 0 Å². The molecule has 5 nitrogen and oxygen atoms in total. The van der Waals surface area contributed by atoms with Gasteiger partial charge in [0, 0.05) is 18.9 Å². The van der Waals surface area contributed by atoms with Crippen molar-refractivity contribution in [2.45, 2.75) is 19.6 Å². The van der Waals surface area contributed by atoms with Gasteiger partial charge in [-0.15, -0.1) is 0 Å². The first-order chi connectivity index (χ1) is 8.35. The number of nitrogens with one attached hydrogen (secondary N) is 1. The van der Waals surface area contributed by atoms with Crippen LogP contribution in [0.1, 0.15) is 6.92 Å². The molecule has 0 atom stereocenters. The highest BCUT2D eigenvalue weighted by molar-refractivity contribution is 5.30. The summed E-state index contributed by atoms with van der Waals surface area (Å²) in [7, 11) is 1.44. The van der Waals surface area contributed by atoms with E-state index in [0.717, 1.165) is 5.01 Å². The standard InChI is InChI=1S/C10H16F3N5/c1-3-9(6-17-5-8(14)4-16-17)18(15-2)7-10(11,12)13/h3-5,15H,6-7,14H2,1-2H3/b9-3-. The maximum absolute atomic E-state index is 12.4. The van der Waals surface area contributed by atoms with Gasteiger partial charge in [-0.2, -0.15) is 18.3 Å². The van der Waals surface area contributed by atoms with Crippen LogP contribution in [-0.2, 0) is 6.54 Å². The third-order valence-corrected chi connectivity index (χ3v) is 2.26. The lowest BCUT2D eigenvalue weighted by Gasteiger charge is -2.27. The summed E-state index contributed by atoms with van der Waals surface area (Å²) in [5, 5.41) is 4.96. The second-order valence-corrected chi connectivity index (χ2v) is 3.68. The maximum Gasteiger partial charge on any atom is 0.407 e. The number of rotatable bonds is 5. The van der Waals surface area contributed by atoms with Gasteiger partial charge in [-0.1, -0.05) is 6.08 Å². The van der Waals surface area contributed by atoms with E-state index in [-0.39, 0.29) is 6.54 Å². The van der Waals surface area contributed by atoms with Gasteiger partial charge in [0.2, 0.25) is 0 Å². The predicted octanol–water partition coefficient (Wildman–Crippen LogP) is 1.37. The molecule has 0 unspecified atom stereocenters. The van der Waals surface area contributed by atoms with E-state index < -0.39 is 12.7 Å². The molecule has 8 heteroatoms. The zero-order valence-corrected chi connectivity index (χ0v) is 10.2. The quantitative estimate of drug-likeness (QED) is 0.788. The number of aromatic nitrogens is 2. The molecule has 0 aliphatic rings. The fraction of sp³-hybridized carbons (Fsp3) is 0.500. The molecule has 3 N–H and O–H groups in total. The van der Waals surface area contributed by atoms with Crippen LogP contribution in [0.25, 0.3) is 0 Å². The minimum atomic E-state index is -4.28. The molecule has 0 saturated heterocycles. The highest BCUT2D eigenvalue weighted by atomic mass is 19.4. The van der Waals surface area contributed by atoms with Gasteiger partial charge in [0.1, 0.15) is 6.54 Å². The minimum Gasteiger partial charge on any atom is -0.396 e. The first-order valence-corrected chi connectivity index (χ1v) is 5.30. The normalized spacial score (nSPS) is 12.8. The number of allylic oxidation sites excluding steroid dienone is 2. The number of hydrogen-bond acceptors (Lipinski definition) is 4. The van der Waals surface area contributed by atoms with Crippen LogP contribution in [-0.4, -0.2) is 34.6 Å². The molecule has 0 spiro atoms. The van der Waals surface area contributed by atoms with Crippen LogP contribution in [0.2, 0.25) is 0 Å². The predicted molar refractivity (Wildman–Crippen MR) is 62.2 cm³/mol. The van der Waals surface area contributed by atoms with Crippen molar-refractivity contribution in [1.29, 1.82) is 0 Å². The number of alkyl halides is 3. The van der Waals surface area contributed by atoms with Gasteiger partial charge >= 0.3 is 6.18 Å². The van der Waals surface area contributed by atoms with E-state index in [1.54, 1.807) is 19.2 Å². The number of nitrogens with two attached hydrogens (primary N) is 1. The molecule has 1 aromatic heterocycles. The summed E-state index contributed by atoms with van der Waals surface area (Å²) in [5.74, 6) is 0. The molecule has 1 rings (SSSR count). The van der Waals surface area contributed by atoms with Gasteiger partial charge in [0.25, 0.3) is 0 Å². The van der Waals surface area contributed by atoms with E-state index >= 15 is 0 Å². The third kappa shape index (κ3) is 4.28. The Kier molecular flexibility index (Phi) is 4.60. The second kappa shape index (κ2) is 5.76. The van der Waals surface area contributed by atoms with E-state index in [0.29, 0.717) is 11.4 Å². The van der Waals surface area contributed by atoms with Crippen molar-refractivity contribution in [3.05, 3.63) is 24.2 Å². The lowest BCUT2D eigenvalue weighted by Crippen LogP contribution is -2.42. The molecule has 1 heterocycles. The van der Waals surface area contributed by atoms with Crippen LogP contribution in [0.5, 0.6) is 0 Å². The number of nitrogen functional groups attached to an aromatic ring is 1. The van der Waals surface area contributed by atoms with Gasteiger partial charge in [-0.25, -0.2) is 5.43 Å². The summed E-state index contributed by atoms with van der Waals surface area (Å²) in [6, 6.07) is 0. The van der Waals surface area contributed by atoms with Crippen molar-refractivity contribution in [3.8, 4) is 0 Å². The highest BCUT2D eigenvalue weighted by Gasteiger charge is 2.31. The van der Waals surface area contributed by atoms with Crippen molar-refractivity contribution in [2.24, 2.45) is 0 Å². The Labute approximate surface area is 103 Å². The Hall–Kier alpha value is -1.70. The van der Waals surface area contributed by atoms with Gasteiger partial charge in [-0.05, 0) is 6.92 Å². The summed E-state index contributed by atoms with van der Waals surface area (Å²) in [6.07, 6.45) is 0.326. The molecular weight excluding hydrogens is 247 g/mol. The number of halogens is 3. The average molecular weight is 263 g/mol. The van der Waals surface area contributed by atoms with Gasteiger partial charge < -0.3 is 10.7 Å². The summed E-state index contributed by atoms with van der Waals surface area (Å²) >= 11 is 0. The van der Waals surface area contributed by atoms with E-state index in [4.69, 9.17) is 5.73 Å². The minimum absolute atomic E-state index is 0.213. The summed E-state index contributed by atoms with van der Waals surface area (Å²) in [5.41, 5.74) is 8.93. The molecule has 18 heavy (non-hydrogen) atoms. The van der Waals surface area contributed by atoms with Gasteiger partial charge in [-0.3, -0.25) is 4.68 Å². The molecule has 102 valence electrons. The molecule has 0 aliphatic carbocycles. The lowest BCUT2D eigenvalue weighted by molar-refractivity contribution is -0.147. The molecule has 0 aliphatic heterocycles. The van der Waals surface area contributed by atoms with E-state index in [1.165, 1.54) is 17.9 Å². The fourth-order valence-corrected chi connectivity index (χ4v) is 1.47. The van der Waals surface area contributed by atoms with E-state index in [9.17, 15) is 13.2 Å². The molecule has 0 aromatic carbocycles. The van der Waals surface area contributed by atoms with Gasteiger partial charge in [0.15, 0.2) is 0 Å². The molecule has 1 aromatic rings. The molecule has 0 saturated carbocycles. The molecule has 0 fully saturated rings. The zero-order chi connectivity index (χ0) is 13.8. The lowest BCUT2D eigenvalue weighted by atomic mass is 10.3. The van der Waals surface area contributed by atoms with Crippen molar-refractivity contribution in [3.63, 3.8) is 0 Å². The number of hydrazine groups is 1. The molecule has 0 bridgehead atoms. The Morgan fingerprint density at radius 2 is 2.28 bits per heavy atom. The number of nitrogens with zero attached hydrogens (tertiary/aromatic N) is 3. The first-order valence-electron chi connectivity index (χ1n) is 5.30. The fourth-order valence-electron chi connectivity index (χ4n) is 1.47. The van der Waals surface area contributed by atoms with Crippen LogP contribution in [0, 0.1) is 0 Å². The van der Waals surface area contributed by atoms with Crippen molar-refractivity contribution >= 4 is 5.69 Å². The maximum atomic E-state index is 12.4. The van der Waals surface area contributed by atoms with Crippen LogP contribution in [0.15, 0.2) is 24.2 Å². The van der Waals surface area contributed by atoms with Gasteiger partial charge in [0.05, 0.1) is 18.4 Å². The Morgan fingerprint density at radius 1 is 1.61 bits per heavy atom. The Bertz CT molecular complexity index is 410. The molecule has 0 radical (unpaired) electrons. The first kappa shape index (κ1) is 14.4. The van der Waals surface area contributed by atoms with E-state index in [1.807, 2.05) is 0 Å². The Balaban J connectivity index is 2.75. The van der Waals surface area contributed by atoms with Crippen LogP contribution >= 0.6 is 0 Å². The average Bonchev–Trinajstić information content (AvgIpc) is 2.67. The summed E-state index contributed by atoms with van der Waals surface area (Å²) < 4.78 is 38.6. The monoisotopic (exact) mass is 263 g/mol. The number of hydrogen-bond donors (Lipinski definition) is 2. The largest absolute Gasteiger partial charge is 0.407 e.